The first-order chi connectivity index (χ1) is 66.0. The number of hydroxylamine groups is 6. The van der Waals surface area contributed by atoms with E-state index in [1.54, 1.807) is 60.7 Å². The Morgan fingerprint density at radius 3 is 0.820 bits per heavy atom. The molecule has 0 unspecified atom stereocenters. The first kappa shape index (κ1) is 112. The number of hydrogen-bond donors (Lipinski definition) is 12. The number of ether oxygens (including phenoxy) is 6. The maximum absolute atomic E-state index is 13.5. The molecule has 0 saturated heterocycles. The minimum Gasteiger partial charge on any atom is -0.489 e. The van der Waals surface area contributed by atoms with Gasteiger partial charge in [0.1, 0.15) is 80.0 Å². The van der Waals surface area contributed by atoms with Gasteiger partial charge in [0.05, 0.1) is 34.1 Å². The predicted molar refractivity (Wildman–Crippen MR) is 553 cm³/mol. The molecule has 12 aromatic carbocycles. The van der Waals surface area contributed by atoms with Gasteiger partial charge in [-0.05, 0) is 279 Å². The number of benzene rings is 12. The van der Waals surface area contributed by atoms with Gasteiger partial charge in [0.15, 0.2) is 0 Å². The van der Waals surface area contributed by atoms with Crippen LogP contribution in [0.5, 0.6) is 34.5 Å². The quantitative estimate of drug-likeness (QED) is 0.0144. The van der Waals surface area contributed by atoms with Gasteiger partial charge in [-0.15, -0.1) is 0 Å². The number of anilines is 6. The summed E-state index contributed by atoms with van der Waals surface area (Å²) in [4.78, 5) is 69.7. The Bertz CT molecular complexity index is 5570. The van der Waals surface area contributed by atoms with E-state index in [1.807, 2.05) is 230 Å². The maximum atomic E-state index is 13.5. The first-order valence-electron chi connectivity index (χ1n) is 43.5. The SMILES string of the molecule is C=Cc1ccc(N(O)C(=O)NC)c(COc2ccc(C)cc2C)c1.CNC(=O)N(O)c1ccc(Br)cc1COc1ccc(C)cc1C.CNC(=O)N(O)c1ccc(C)cc1COc1ccc(C)cc1C.CNC(=O)N(O)c1ccc(Cl)cc1COc1ccc(C)cc1C.CNC(=O)N(O)c1ccc(F)cc1COc1ccc(C)cc1C.CNC(=O)N(O)c1ccc(I)cc1COc1ccc(C)cc1C. The molecule has 0 heterocycles. The van der Waals surface area contributed by atoms with Crippen molar-refractivity contribution < 1.29 is 92.8 Å². The third kappa shape index (κ3) is 33.7. The van der Waals surface area contributed by atoms with Crippen LogP contribution in [-0.2, 0) is 39.6 Å². The standard InChI is InChI=1S/C19H22N2O3.C18H22N2O3.C17H19BrN2O3.C17H19ClN2O3.C17H19FN2O3.C17H19IN2O3/c1-5-15-7-8-17(21(23)19(22)20-4)16(11-15)12-24-18-9-6-13(2)10-14(18)3;1-12-6-8-17(14(3)9-12)23-11-15-10-13(2)5-7-16(15)20(22)18(21)19-4;4*1-11-4-7-16(12(2)8-11)23-10-13-9-14(18)5-6-15(13)20(22)17(21)19-3/h5-11,23H,1,12H2,2-4H3,(H,20,22);5-10,22H,11H2,1-4H3,(H,19,21);4*4-9,22H,10H2,1-3H3,(H,19,21). The molecule has 30 nitrogen and oxygen atoms in total. The molecule has 0 saturated carbocycles. The Hall–Kier alpha value is -14.0. The van der Waals surface area contributed by atoms with E-state index >= 15 is 0 Å². The Balaban J connectivity index is 0.000000227. The molecular formula is C105H120BrClFIN12O18. The lowest BCUT2D eigenvalue weighted by molar-refractivity contribution is 0.205. The monoisotopic (exact) mass is 2100 g/mol. The molecule has 736 valence electrons. The summed E-state index contributed by atoms with van der Waals surface area (Å²) in [6.07, 6.45) is 1.70. The molecule has 12 amide bonds. The van der Waals surface area contributed by atoms with Gasteiger partial charge in [0, 0.05) is 88.7 Å². The predicted octanol–water partition coefficient (Wildman–Crippen LogP) is 23.6. The normalized spacial score (nSPS) is 10.3. The van der Waals surface area contributed by atoms with E-state index in [9.17, 15) is 64.4 Å². The van der Waals surface area contributed by atoms with Gasteiger partial charge in [-0.3, -0.25) is 31.2 Å². The Labute approximate surface area is 837 Å². The molecule has 0 atom stereocenters. The summed E-state index contributed by atoms with van der Waals surface area (Å²) < 4.78 is 50.3. The topological polar surface area (TPSA) is 371 Å². The van der Waals surface area contributed by atoms with Crippen LogP contribution in [0.25, 0.3) is 6.08 Å². The van der Waals surface area contributed by atoms with Crippen molar-refractivity contribution in [3.05, 3.63) is 355 Å². The van der Waals surface area contributed by atoms with Crippen molar-refractivity contribution in [1.29, 1.82) is 0 Å². The number of carbonyl (C=O) groups excluding carboxylic acids is 6. The molecule has 0 aliphatic heterocycles. The summed E-state index contributed by atoms with van der Waals surface area (Å²) in [5, 5.41) is 78.0. The first-order valence-corrected chi connectivity index (χ1v) is 45.7. The van der Waals surface area contributed by atoms with Gasteiger partial charge in [-0.25, -0.2) is 33.2 Å². The molecule has 0 aliphatic carbocycles. The van der Waals surface area contributed by atoms with Gasteiger partial charge in [-0.1, -0.05) is 170 Å². The van der Waals surface area contributed by atoms with E-state index in [0.29, 0.717) is 91.8 Å². The lowest BCUT2D eigenvalue weighted by atomic mass is 10.1. The van der Waals surface area contributed by atoms with Crippen molar-refractivity contribution in [3.8, 4) is 34.5 Å². The van der Waals surface area contributed by atoms with E-state index in [0.717, 1.165) is 109 Å². The molecule has 0 bridgehead atoms. The lowest BCUT2D eigenvalue weighted by Gasteiger charge is -2.19. The van der Waals surface area contributed by atoms with Gasteiger partial charge >= 0.3 is 36.2 Å². The van der Waals surface area contributed by atoms with Crippen molar-refractivity contribution >= 4 is 127 Å². The minimum atomic E-state index is -0.718. The van der Waals surface area contributed by atoms with Crippen molar-refractivity contribution in [3.63, 3.8) is 0 Å². The van der Waals surface area contributed by atoms with Crippen LogP contribution in [0, 0.1) is 99.4 Å². The summed E-state index contributed by atoms with van der Waals surface area (Å²) in [5.41, 5.74) is 20.8. The average Bonchev–Trinajstić information content (AvgIpc) is 0.851. The summed E-state index contributed by atoms with van der Waals surface area (Å²) >= 11 is 11.6. The van der Waals surface area contributed by atoms with Gasteiger partial charge < -0.3 is 60.3 Å². The highest BCUT2D eigenvalue weighted by atomic mass is 127. The molecular weight excluding hydrogens is 1980 g/mol. The number of urea groups is 6. The highest BCUT2D eigenvalue weighted by Gasteiger charge is 2.24. The number of nitrogens with one attached hydrogen (secondary N) is 6. The zero-order valence-corrected chi connectivity index (χ0v) is 85.6. The molecule has 12 rings (SSSR count). The van der Waals surface area contributed by atoms with E-state index in [1.165, 1.54) is 77.2 Å². The van der Waals surface area contributed by atoms with Crippen LogP contribution >= 0.6 is 50.1 Å². The van der Waals surface area contributed by atoms with Crippen molar-refractivity contribution in [2.45, 2.75) is 130 Å². The van der Waals surface area contributed by atoms with Gasteiger partial charge in [-0.2, -0.15) is 30.4 Å². The van der Waals surface area contributed by atoms with E-state index in [4.69, 9.17) is 40.0 Å². The molecule has 0 spiro atoms. The van der Waals surface area contributed by atoms with Crippen LogP contribution in [0.4, 0.5) is 67.3 Å². The zero-order chi connectivity index (χ0) is 103. The summed E-state index contributed by atoms with van der Waals surface area (Å²) in [7, 11) is 8.66. The number of rotatable bonds is 25. The fraction of sp³-hybridized carbons (Fsp3) is 0.238. The fourth-order valence-electron chi connectivity index (χ4n) is 13.6. The Kier molecular flexibility index (Phi) is 44.2. The van der Waals surface area contributed by atoms with Crippen LogP contribution in [0.3, 0.4) is 0 Å². The largest absolute Gasteiger partial charge is 0.489 e. The van der Waals surface area contributed by atoms with Crippen molar-refractivity contribution in [2.24, 2.45) is 0 Å². The highest BCUT2D eigenvalue weighted by Crippen LogP contribution is 2.35. The van der Waals surface area contributed by atoms with Gasteiger partial charge in [0.25, 0.3) is 0 Å². The molecule has 12 aromatic rings. The number of nitrogens with zero attached hydrogens (tertiary/aromatic N) is 6. The molecule has 139 heavy (non-hydrogen) atoms. The summed E-state index contributed by atoms with van der Waals surface area (Å²) in [6, 6.07) is 61.5. The second-order valence-corrected chi connectivity index (χ2v) is 34.5. The van der Waals surface area contributed by atoms with Crippen LogP contribution < -0.4 is 90.7 Å². The Morgan fingerprint density at radius 1 is 0.309 bits per heavy atom. The minimum absolute atomic E-state index is 0.0189. The average molecular weight is 2100 g/mol. The summed E-state index contributed by atoms with van der Waals surface area (Å²) in [5.74, 6) is 4.03. The third-order valence-electron chi connectivity index (χ3n) is 20.8. The molecule has 12 N–H and O–H groups in total. The smallest absolute Gasteiger partial charge is 0.345 e. The number of amides is 12. The molecule has 0 fully saturated rings. The van der Waals surface area contributed by atoms with Crippen molar-refractivity contribution in [2.75, 3.05) is 72.7 Å². The Morgan fingerprint density at radius 2 is 0.532 bits per heavy atom. The van der Waals surface area contributed by atoms with Crippen molar-refractivity contribution in [1.82, 2.24) is 31.9 Å². The van der Waals surface area contributed by atoms with E-state index in [-0.39, 0.29) is 45.3 Å². The second-order valence-electron chi connectivity index (χ2n) is 31.9. The molecule has 0 radical (unpaired) electrons. The van der Waals surface area contributed by atoms with Crippen LogP contribution in [0.2, 0.25) is 5.02 Å². The fourth-order valence-corrected chi connectivity index (χ4v) is 14.7. The third-order valence-corrected chi connectivity index (χ3v) is 22.2. The number of aryl methyl sites for hydroxylation is 13. The second kappa shape index (κ2) is 54.8. The van der Waals surface area contributed by atoms with E-state index in [2.05, 4.69) is 83.1 Å². The maximum Gasteiger partial charge on any atom is 0.345 e. The number of halogens is 4. The van der Waals surface area contributed by atoms with Crippen LogP contribution in [-0.4, -0.2) is 110 Å². The molecule has 34 heteroatoms. The van der Waals surface area contributed by atoms with Crippen LogP contribution in [0.15, 0.2) is 229 Å². The molecule has 0 aliphatic rings. The van der Waals surface area contributed by atoms with Gasteiger partial charge in [0.2, 0.25) is 0 Å². The number of carbonyl (C=O) groups is 6. The lowest BCUT2D eigenvalue weighted by Crippen LogP contribution is -2.36. The summed E-state index contributed by atoms with van der Waals surface area (Å²) in [6.45, 7) is 30.8. The number of hydrogen-bond acceptors (Lipinski definition) is 18. The highest BCUT2D eigenvalue weighted by molar-refractivity contribution is 14.1. The van der Waals surface area contributed by atoms with E-state index < -0.39 is 42.0 Å². The zero-order valence-electron chi connectivity index (χ0n) is 81.1. The van der Waals surface area contributed by atoms with Crippen LogP contribution in [0.1, 0.15) is 111 Å². The molecule has 0 aromatic heterocycles.